The summed E-state index contributed by atoms with van der Waals surface area (Å²) in [7, 11) is 4.02. The Bertz CT molecular complexity index is 428. The third-order valence-electron chi connectivity index (χ3n) is 3.18. The topological polar surface area (TPSA) is 48.1 Å². The molecule has 1 fully saturated rings. The molecule has 0 aromatic carbocycles. The first-order valence-corrected chi connectivity index (χ1v) is 6.41. The van der Waals surface area contributed by atoms with Gasteiger partial charge in [-0.15, -0.1) is 0 Å². The fourth-order valence-corrected chi connectivity index (χ4v) is 2.42. The summed E-state index contributed by atoms with van der Waals surface area (Å²) in [5, 5.41) is 9.36. The molecule has 0 spiro atoms. The van der Waals surface area contributed by atoms with Crippen molar-refractivity contribution in [3.63, 3.8) is 0 Å². The van der Waals surface area contributed by atoms with E-state index in [4.69, 9.17) is 0 Å². The highest BCUT2D eigenvalue weighted by Gasteiger charge is 2.27. The van der Waals surface area contributed by atoms with E-state index in [1.807, 2.05) is 11.6 Å². The number of imidazole rings is 1. The van der Waals surface area contributed by atoms with Gasteiger partial charge in [0.1, 0.15) is 16.3 Å². The second-order valence-corrected chi connectivity index (χ2v) is 5.15. The summed E-state index contributed by atoms with van der Waals surface area (Å²) in [5.74, 6) is 0. The first-order chi connectivity index (χ1) is 8.13. The zero-order valence-corrected chi connectivity index (χ0v) is 11.7. The largest absolute Gasteiger partial charge is 0.328 e. The third kappa shape index (κ3) is 2.51. The smallest absolute Gasteiger partial charge is 0.143 e. The standard InChI is InChI=1S/C11H16BrN5/c1-15-3-5-17(6-4-15)9(7-13)10-11(12)16(2)8-14-10/h8-9H,3-6H2,1-2H3. The van der Waals surface area contributed by atoms with Crippen molar-refractivity contribution in [2.75, 3.05) is 33.2 Å². The highest BCUT2D eigenvalue weighted by atomic mass is 79.9. The third-order valence-corrected chi connectivity index (χ3v) is 4.14. The van der Waals surface area contributed by atoms with Crippen LogP contribution >= 0.6 is 15.9 Å². The summed E-state index contributed by atoms with van der Waals surface area (Å²) in [4.78, 5) is 8.78. The van der Waals surface area contributed by atoms with Gasteiger partial charge < -0.3 is 9.47 Å². The number of piperazine rings is 1. The summed E-state index contributed by atoms with van der Waals surface area (Å²) >= 11 is 3.48. The lowest BCUT2D eigenvalue weighted by molar-refractivity contribution is 0.131. The molecule has 5 nitrogen and oxygen atoms in total. The molecule has 1 unspecified atom stereocenters. The van der Waals surface area contributed by atoms with E-state index in [9.17, 15) is 5.26 Å². The van der Waals surface area contributed by atoms with E-state index < -0.39 is 0 Å². The minimum Gasteiger partial charge on any atom is -0.328 e. The molecule has 2 rings (SSSR count). The minimum absolute atomic E-state index is 0.251. The van der Waals surface area contributed by atoms with Crippen LogP contribution in [0.15, 0.2) is 10.9 Å². The Balaban J connectivity index is 2.17. The van der Waals surface area contributed by atoms with Crippen LogP contribution in [0.25, 0.3) is 0 Å². The van der Waals surface area contributed by atoms with Crippen molar-refractivity contribution < 1.29 is 0 Å². The van der Waals surface area contributed by atoms with Gasteiger partial charge in [-0.05, 0) is 23.0 Å². The van der Waals surface area contributed by atoms with Gasteiger partial charge in [-0.1, -0.05) is 0 Å². The van der Waals surface area contributed by atoms with Gasteiger partial charge in [-0.25, -0.2) is 4.98 Å². The average Bonchev–Trinajstić information content (AvgIpc) is 2.65. The Morgan fingerprint density at radius 3 is 2.47 bits per heavy atom. The highest BCUT2D eigenvalue weighted by Crippen LogP contribution is 2.26. The Labute approximate surface area is 110 Å². The number of aryl methyl sites for hydroxylation is 1. The second-order valence-electron chi connectivity index (χ2n) is 4.40. The van der Waals surface area contributed by atoms with Crippen LogP contribution in [0.5, 0.6) is 0 Å². The molecule has 1 aliphatic rings. The maximum absolute atomic E-state index is 9.36. The molecule has 0 amide bonds. The highest BCUT2D eigenvalue weighted by molar-refractivity contribution is 9.10. The molecule has 0 saturated carbocycles. The summed E-state index contributed by atoms with van der Waals surface area (Å²) < 4.78 is 2.78. The molecule has 0 radical (unpaired) electrons. The second kappa shape index (κ2) is 5.17. The number of nitrogens with zero attached hydrogens (tertiary/aromatic N) is 5. The van der Waals surface area contributed by atoms with Crippen LogP contribution in [-0.2, 0) is 7.05 Å². The Hall–Kier alpha value is -0.900. The van der Waals surface area contributed by atoms with Gasteiger partial charge >= 0.3 is 0 Å². The molecule has 1 atom stereocenters. The van der Waals surface area contributed by atoms with Crippen molar-refractivity contribution >= 4 is 15.9 Å². The number of rotatable bonds is 2. The molecule has 2 heterocycles. The molecule has 92 valence electrons. The molecule has 1 aromatic heterocycles. The molecular weight excluding hydrogens is 282 g/mol. The molecular formula is C11H16BrN5. The maximum Gasteiger partial charge on any atom is 0.143 e. The SMILES string of the molecule is CN1CCN(C(C#N)c2ncn(C)c2Br)CC1. The van der Waals surface area contributed by atoms with Crippen LogP contribution in [0.4, 0.5) is 0 Å². The van der Waals surface area contributed by atoms with E-state index in [1.54, 1.807) is 6.33 Å². The predicted molar refractivity (Wildman–Crippen MR) is 68.3 cm³/mol. The number of nitriles is 1. The van der Waals surface area contributed by atoms with Crippen molar-refractivity contribution in [2.45, 2.75) is 6.04 Å². The number of aromatic nitrogens is 2. The predicted octanol–water partition coefficient (Wildman–Crippen LogP) is 0.995. The van der Waals surface area contributed by atoms with E-state index in [-0.39, 0.29) is 6.04 Å². The number of halogens is 1. The number of hydrogen-bond acceptors (Lipinski definition) is 4. The van der Waals surface area contributed by atoms with E-state index >= 15 is 0 Å². The van der Waals surface area contributed by atoms with Crippen LogP contribution in [0.2, 0.25) is 0 Å². The zero-order valence-electron chi connectivity index (χ0n) is 10.1. The monoisotopic (exact) mass is 297 g/mol. The van der Waals surface area contributed by atoms with Gasteiger partial charge in [-0.3, -0.25) is 4.90 Å². The Morgan fingerprint density at radius 2 is 2.00 bits per heavy atom. The van der Waals surface area contributed by atoms with Gasteiger partial charge in [0.25, 0.3) is 0 Å². The Kier molecular flexibility index (Phi) is 3.82. The Morgan fingerprint density at radius 1 is 1.35 bits per heavy atom. The fourth-order valence-electron chi connectivity index (χ4n) is 2.01. The molecule has 1 aromatic rings. The molecule has 0 aliphatic carbocycles. The van der Waals surface area contributed by atoms with Gasteiger partial charge in [0.15, 0.2) is 0 Å². The summed E-state index contributed by atoms with van der Waals surface area (Å²) in [5.41, 5.74) is 0.819. The summed E-state index contributed by atoms with van der Waals surface area (Å²) in [6.45, 7) is 3.83. The molecule has 17 heavy (non-hydrogen) atoms. The minimum atomic E-state index is -0.251. The lowest BCUT2D eigenvalue weighted by Gasteiger charge is -2.34. The lowest BCUT2D eigenvalue weighted by Crippen LogP contribution is -2.45. The quantitative estimate of drug-likeness (QED) is 0.817. The molecule has 0 bridgehead atoms. The van der Waals surface area contributed by atoms with Crippen LogP contribution in [-0.4, -0.2) is 52.6 Å². The van der Waals surface area contributed by atoms with Crippen molar-refractivity contribution in [3.8, 4) is 6.07 Å². The van der Waals surface area contributed by atoms with Crippen molar-refractivity contribution in [1.82, 2.24) is 19.4 Å². The van der Waals surface area contributed by atoms with Crippen molar-refractivity contribution in [3.05, 3.63) is 16.6 Å². The van der Waals surface area contributed by atoms with Gasteiger partial charge in [-0.2, -0.15) is 5.26 Å². The van der Waals surface area contributed by atoms with Crippen LogP contribution in [0.3, 0.4) is 0 Å². The van der Waals surface area contributed by atoms with Crippen molar-refractivity contribution in [1.29, 1.82) is 5.26 Å². The zero-order chi connectivity index (χ0) is 12.4. The van der Waals surface area contributed by atoms with Gasteiger partial charge in [0, 0.05) is 33.2 Å². The molecule has 1 saturated heterocycles. The lowest BCUT2D eigenvalue weighted by atomic mass is 10.2. The first-order valence-electron chi connectivity index (χ1n) is 5.62. The number of likely N-dealkylation sites (N-methyl/N-ethyl adjacent to an activating group) is 1. The molecule has 1 aliphatic heterocycles. The first kappa shape index (κ1) is 12.6. The van der Waals surface area contributed by atoms with E-state index in [0.29, 0.717) is 0 Å². The van der Waals surface area contributed by atoms with Gasteiger partial charge in [0.2, 0.25) is 0 Å². The van der Waals surface area contributed by atoms with Crippen LogP contribution < -0.4 is 0 Å². The van der Waals surface area contributed by atoms with Crippen molar-refractivity contribution in [2.24, 2.45) is 7.05 Å². The average molecular weight is 298 g/mol. The maximum atomic E-state index is 9.36. The fraction of sp³-hybridized carbons (Fsp3) is 0.636. The molecule has 0 N–H and O–H groups in total. The van der Waals surface area contributed by atoms with Crippen LogP contribution in [0.1, 0.15) is 11.7 Å². The van der Waals surface area contributed by atoms with Crippen LogP contribution in [0, 0.1) is 11.3 Å². The van der Waals surface area contributed by atoms with E-state index in [1.165, 1.54) is 0 Å². The summed E-state index contributed by atoms with van der Waals surface area (Å²) in [6, 6.07) is 2.11. The summed E-state index contributed by atoms with van der Waals surface area (Å²) in [6.07, 6.45) is 1.74. The van der Waals surface area contributed by atoms with Gasteiger partial charge in [0.05, 0.1) is 12.4 Å². The van der Waals surface area contributed by atoms with E-state index in [2.05, 4.69) is 43.8 Å². The van der Waals surface area contributed by atoms with E-state index in [0.717, 1.165) is 36.5 Å². The normalized spacial score (nSPS) is 20.1. The number of hydrogen-bond donors (Lipinski definition) is 0. The molecule has 6 heteroatoms.